The topological polar surface area (TPSA) is 109 Å². The number of ether oxygens (including phenoxy) is 1. The highest BCUT2D eigenvalue weighted by atomic mass is 16.5. The molecule has 0 atom stereocenters. The number of para-hydroxylation sites is 1. The van der Waals surface area contributed by atoms with E-state index in [1.165, 1.54) is 12.6 Å². The standard InChI is InChI=1S/C25H28N4O4/c1-2-15-33-20-12-8-9-18(16-20)17-26-29-25(32)24(31)28-22-14-7-6-13-21(22)23(30)27-19-10-4-3-5-11-19/h2,6-9,12-14,16-17,19H,1,3-5,10-11,15H2,(H,27,30)(H,28,31)(H,29,32). The Labute approximate surface area is 193 Å². The highest BCUT2D eigenvalue weighted by molar-refractivity contribution is 6.40. The van der Waals surface area contributed by atoms with Gasteiger partial charge < -0.3 is 15.4 Å². The van der Waals surface area contributed by atoms with Crippen LogP contribution in [0.25, 0.3) is 0 Å². The predicted octanol–water partition coefficient (Wildman–Crippen LogP) is 3.40. The van der Waals surface area contributed by atoms with Crippen molar-refractivity contribution < 1.29 is 19.1 Å². The molecule has 0 radical (unpaired) electrons. The lowest BCUT2D eigenvalue weighted by Gasteiger charge is -2.23. The molecule has 0 spiro atoms. The second-order valence-corrected chi connectivity index (χ2v) is 7.68. The Hall–Kier alpha value is -3.94. The van der Waals surface area contributed by atoms with Gasteiger partial charge in [-0.05, 0) is 42.7 Å². The zero-order chi connectivity index (χ0) is 23.5. The summed E-state index contributed by atoms with van der Waals surface area (Å²) in [5.74, 6) is -1.51. The van der Waals surface area contributed by atoms with Gasteiger partial charge in [0, 0.05) is 6.04 Å². The SMILES string of the molecule is C=CCOc1cccc(C=NNC(=O)C(=O)Nc2ccccc2C(=O)NC2CCCCC2)c1. The average molecular weight is 449 g/mol. The lowest BCUT2D eigenvalue weighted by atomic mass is 9.95. The molecular formula is C25H28N4O4. The van der Waals surface area contributed by atoms with E-state index in [1.807, 2.05) is 0 Å². The summed E-state index contributed by atoms with van der Waals surface area (Å²) in [6.07, 6.45) is 8.31. The zero-order valence-corrected chi connectivity index (χ0v) is 18.4. The summed E-state index contributed by atoms with van der Waals surface area (Å²) < 4.78 is 5.44. The average Bonchev–Trinajstić information content (AvgIpc) is 2.84. The summed E-state index contributed by atoms with van der Waals surface area (Å²) >= 11 is 0. The highest BCUT2D eigenvalue weighted by Crippen LogP contribution is 2.20. The fourth-order valence-electron chi connectivity index (χ4n) is 3.54. The zero-order valence-electron chi connectivity index (χ0n) is 18.4. The summed E-state index contributed by atoms with van der Waals surface area (Å²) in [4.78, 5) is 37.2. The van der Waals surface area contributed by atoms with Crippen molar-refractivity contribution in [2.75, 3.05) is 11.9 Å². The van der Waals surface area contributed by atoms with Crippen LogP contribution in [0.1, 0.15) is 48.0 Å². The first-order chi connectivity index (χ1) is 16.1. The summed E-state index contributed by atoms with van der Waals surface area (Å²) in [5.41, 5.74) is 3.45. The van der Waals surface area contributed by atoms with Gasteiger partial charge >= 0.3 is 11.8 Å². The van der Waals surface area contributed by atoms with E-state index in [4.69, 9.17) is 4.74 Å². The molecule has 2 aromatic rings. The minimum absolute atomic E-state index is 0.133. The monoisotopic (exact) mass is 448 g/mol. The van der Waals surface area contributed by atoms with Crippen molar-refractivity contribution in [2.24, 2.45) is 5.10 Å². The molecule has 3 amide bonds. The van der Waals surface area contributed by atoms with Gasteiger partial charge in [-0.3, -0.25) is 14.4 Å². The maximum absolute atomic E-state index is 12.7. The number of benzene rings is 2. The minimum atomic E-state index is -0.951. The van der Waals surface area contributed by atoms with Gasteiger partial charge in [0.25, 0.3) is 5.91 Å². The number of carbonyl (C=O) groups excluding carboxylic acids is 3. The quantitative estimate of drug-likeness (QED) is 0.249. The number of anilines is 1. The van der Waals surface area contributed by atoms with Gasteiger partial charge in [-0.25, -0.2) is 5.43 Å². The molecule has 1 aliphatic rings. The van der Waals surface area contributed by atoms with Crippen LogP contribution in [0, 0.1) is 0 Å². The van der Waals surface area contributed by atoms with E-state index >= 15 is 0 Å². The second kappa shape index (κ2) is 12.2. The number of nitrogens with one attached hydrogen (secondary N) is 3. The van der Waals surface area contributed by atoms with Crippen molar-refractivity contribution in [3.63, 3.8) is 0 Å². The molecular weight excluding hydrogens is 420 g/mol. The van der Waals surface area contributed by atoms with Crippen molar-refractivity contribution >= 4 is 29.6 Å². The molecule has 0 heterocycles. The largest absolute Gasteiger partial charge is 0.490 e. The van der Waals surface area contributed by atoms with E-state index < -0.39 is 11.8 Å². The summed E-state index contributed by atoms with van der Waals surface area (Å²) in [6.45, 7) is 3.97. The van der Waals surface area contributed by atoms with E-state index in [1.54, 1.807) is 54.6 Å². The molecule has 172 valence electrons. The Balaban J connectivity index is 1.56. The van der Waals surface area contributed by atoms with E-state index in [0.29, 0.717) is 23.5 Å². The smallest absolute Gasteiger partial charge is 0.329 e. The van der Waals surface area contributed by atoms with E-state index in [-0.39, 0.29) is 17.6 Å². The van der Waals surface area contributed by atoms with Crippen LogP contribution in [0.3, 0.4) is 0 Å². The summed E-state index contributed by atoms with van der Waals surface area (Å²) in [5, 5.41) is 9.33. The van der Waals surface area contributed by atoms with Crippen LogP contribution in [0.5, 0.6) is 5.75 Å². The minimum Gasteiger partial charge on any atom is -0.490 e. The Morgan fingerprint density at radius 3 is 2.61 bits per heavy atom. The van der Waals surface area contributed by atoms with Crippen molar-refractivity contribution in [1.82, 2.24) is 10.7 Å². The number of rotatable bonds is 8. The fourth-order valence-corrected chi connectivity index (χ4v) is 3.54. The first-order valence-electron chi connectivity index (χ1n) is 10.9. The fraction of sp³-hybridized carbons (Fsp3) is 0.280. The number of hydrogen-bond donors (Lipinski definition) is 3. The highest BCUT2D eigenvalue weighted by Gasteiger charge is 2.20. The molecule has 1 saturated carbocycles. The van der Waals surface area contributed by atoms with Gasteiger partial charge in [-0.15, -0.1) is 0 Å². The van der Waals surface area contributed by atoms with Gasteiger partial charge in [0.05, 0.1) is 17.5 Å². The first-order valence-corrected chi connectivity index (χ1v) is 10.9. The summed E-state index contributed by atoms with van der Waals surface area (Å²) in [6, 6.07) is 13.8. The molecule has 2 aromatic carbocycles. The molecule has 0 aliphatic heterocycles. The van der Waals surface area contributed by atoms with Gasteiger partial charge in [0.1, 0.15) is 12.4 Å². The number of nitrogens with zero attached hydrogens (tertiary/aromatic N) is 1. The van der Waals surface area contributed by atoms with Gasteiger partial charge in [-0.2, -0.15) is 5.10 Å². The lowest BCUT2D eigenvalue weighted by Crippen LogP contribution is -2.37. The van der Waals surface area contributed by atoms with Gasteiger partial charge in [0.2, 0.25) is 0 Å². The first kappa shape index (κ1) is 23.7. The van der Waals surface area contributed by atoms with Crippen LogP contribution in [-0.4, -0.2) is 36.6 Å². The van der Waals surface area contributed by atoms with Gasteiger partial charge in [0.15, 0.2) is 0 Å². The number of amides is 3. The van der Waals surface area contributed by atoms with Crippen molar-refractivity contribution in [2.45, 2.75) is 38.1 Å². The van der Waals surface area contributed by atoms with Crippen LogP contribution in [0.4, 0.5) is 5.69 Å². The summed E-state index contributed by atoms with van der Waals surface area (Å²) in [7, 11) is 0. The molecule has 3 rings (SSSR count). The Kier molecular flexibility index (Phi) is 8.76. The number of hydrazone groups is 1. The van der Waals surface area contributed by atoms with Crippen molar-refractivity contribution in [1.29, 1.82) is 0 Å². The maximum Gasteiger partial charge on any atom is 0.329 e. The van der Waals surface area contributed by atoms with Crippen LogP contribution in [0.15, 0.2) is 66.3 Å². The van der Waals surface area contributed by atoms with E-state index in [9.17, 15) is 14.4 Å². The third-order valence-electron chi connectivity index (χ3n) is 5.17. The Morgan fingerprint density at radius 1 is 1.03 bits per heavy atom. The molecule has 0 saturated heterocycles. The third kappa shape index (κ3) is 7.31. The second-order valence-electron chi connectivity index (χ2n) is 7.68. The predicted molar refractivity (Wildman–Crippen MR) is 127 cm³/mol. The molecule has 33 heavy (non-hydrogen) atoms. The molecule has 0 aromatic heterocycles. The molecule has 0 unspecified atom stereocenters. The molecule has 1 aliphatic carbocycles. The number of hydrogen-bond acceptors (Lipinski definition) is 5. The Bertz CT molecular complexity index is 1030. The van der Waals surface area contributed by atoms with Crippen LogP contribution < -0.4 is 20.8 Å². The van der Waals surface area contributed by atoms with Crippen LogP contribution in [-0.2, 0) is 9.59 Å². The van der Waals surface area contributed by atoms with Crippen LogP contribution >= 0.6 is 0 Å². The molecule has 0 bridgehead atoms. The molecule has 3 N–H and O–H groups in total. The number of carbonyl (C=O) groups is 3. The van der Waals surface area contributed by atoms with Crippen LogP contribution in [0.2, 0.25) is 0 Å². The molecule has 8 heteroatoms. The van der Waals surface area contributed by atoms with E-state index in [2.05, 4.69) is 27.7 Å². The Morgan fingerprint density at radius 2 is 1.82 bits per heavy atom. The van der Waals surface area contributed by atoms with Crippen molar-refractivity contribution in [3.8, 4) is 5.75 Å². The maximum atomic E-state index is 12.7. The van der Waals surface area contributed by atoms with Crippen molar-refractivity contribution in [3.05, 3.63) is 72.3 Å². The normalized spacial score (nSPS) is 13.8. The molecule has 1 fully saturated rings. The van der Waals surface area contributed by atoms with Gasteiger partial charge in [-0.1, -0.05) is 56.2 Å². The molecule has 8 nitrogen and oxygen atoms in total. The third-order valence-corrected chi connectivity index (χ3v) is 5.17. The van der Waals surface area contributed by atoms with E-state index in [0.717, 1.165) is 25.7 Å². The lowest BCUT2D eigenvalue weighted by molar-refractivity contribution is -0.136.